The van der Waals surface area contributed by atoms with Crippen molar-refractivity contribution in [2.75, 3.05) is 32.1 Å². The number of hydrogen-bond acceptors (Lipinski definition) is 6. The molecule has 2 aromatic carbocycles. The van der Waals surface area contributed by atoms with Gasteiger partial charge in [-0.1, -0.05) is 60.3 Å². The highest BCUT2D eigenvalue weighted by Crippen LogP contribution is 2.28. The van der Waals surface area contributed by atoms with E-state index in [1.54, 1.807) is 11.8 Å². The van der Waals surface area contributed by atoms with Gasteiger partial charge < -0.3 is 14.2 Å². The van der Waals surface area contributed by atoms with E-state index in [-0.39, 0.29) is 5.91 Å². The molecule has 0 bridgehead atoms. The molecule has 4 aromatic rings. The van der Waals surface area contributed by atoms with Gasteiger partial charge in [0, 0.05) is 37.2 Å². The Kier molecular flexibility index (Phi) is 6.83. The molecule has 1 aliphatic rings. The van der Waals surface area contributed by atoms with Crippen LogP contribution in [0.3, 0.4) is 0 Å². The number of ether oxygens (including phenoxy) is 1. The van der Waals surface area contributed by atoms with Crippen LogP contribution in [0.2, 0.25) is 0 Å². The summed E-state index contributed by atoms with van der Waals surface area (Å²) in [5.74, 6) is 1.09. The number of aromatic nitrogens is 4. The van der Waals surface area contributed by atoms with Crippen molar-refractivity contribution in [2.45, 2.75) is 31.0 Å². The summed E-state index contributed by atoms with van der Waals surface area (Å²) in [5.41, 5.74) is 4.03. The lowest BCUT2D eigenvalue weighted by atomic mass is 10.2. The molecular formula is C25H27N5O2S. The van der Waals surface area contributed by atoms with Crippen molar-refractivity contribution >= 4 is 39.7 Å². The topological polar surface area (TPSA) is 73.1 Å². The lowest BCUT2D eigenvalue weighted by Gasteiger charge is -2.26. The number of rotatable bonds is 8. The molecule has 1 fully saturated rings. The predicted molar refractivity (Wildman–Crippen MR) is 130 cm³/mol. The number of carbonyl (C=O) groups is 1. The summed E-state index contributed by atoms with van der Waals surface area (Å²) in [4.78, 5) is 19.1. The van der Waals surface area contributed by atoms with Gasteiger partial charge in [0.2, 0.25) is 11.1 Å². The second-order valence-electron chi connectivity index (χ2n) is 8.15. The molecule has 0 radical (unpaired) electrons. The highest BCUT2D eigenvalue weighted by atomic mass is 32.2. The number of unbranched alkanes of at least 4 members (excludes halogenated alkanes) is 1. The Morgan fingerprint density at radius 1 is 0.970 bits per heavy atom. The molecule has 3 heterocycles. The third-order valence-corrected chi connectivity index (χ3v) is 6.84. The van der Waals surface area contributed by atoms with Crippen LogP contribution in [0.25, 0.3) is 22.1 Å². The van der Waals surface area contributed by atoms with Gasteiger partial charge in [-0.25, -0.2) is 4.98 Å². The molecule has 5 rings (SSSR count). The second-order valence-corrected chi connectivity index (χ2v) is 9.22. The minimum atomic E-state index is 0.230. The number of para-hydroxylation sites is 1. The van der Waals surface area contributed by atoms with Gasteiger partial charge in [-0.2, -0.15) is 0 Å². The normalized spacial score (nSPS) is 14.2. The number of hydrogen-bond donors (Lipinski definition) is 0. The summed E-state index contributed by atoms with van der Waals surface area (Å²) in [6.07, 6.45) is 2.40. The molecular weight excluding hydrogens is 434 g/mol. The fourth-order valence-corrected chi connectivity index (χ4v) is 4.97. The molecule has 0 unspecified atom stereocenters. The van der Waals surface area contributed by atoms with Gasteiger partial charge in [0.05, 0.1) is 18.7 Å². The zero-order valence-electron chi connectivity index (χ0n) is 18.5. The first kappa shape index (κ1) is 21.9. The van der Waals surface area contributed by atoms with E-state index in [4.69, 9.17) is 9.72 Å². The molecule has 0 spiro atoms. The van der Waals surface area contributed by atoms with Crippen LogP contribution in [0, 0.1) is 0 Å². The van der Waals surface area contributed by atoms with Gasteiger partial charge >= 0.3 is 0 Å². The molecule has 0 N–H and O–H groups in total. The molecule has 1 saturated heterocycles. The standard InChI is InChI=1S/C25H27N5O2S/c31-22(29-13-15-32-16-14-29)12-6-7-17-33-25-26-24-23(27-28-25)20-10-4-5-11-21(20)30(24)18-19-8-2-1-3-9-19/h1-5,8-11H,6-7,12-18H2. The van der Waals surface area contributed by atoms with Crippen LogP contribution in [0.1, 0.15) is 24.8 Å². The van der Waals surface area contributed by atoms with Crippen LogP contribution >= 0.6 is 11.8 Å². The Bertz CT molecular complexity index is 1240. The van der Waals surface area contributed by atoms with E-state index in [0.29, 0.717) is 37.9 Å². The maximum atomic E-state index is 12.3. The number of nitrogens with zero attached hydrogens (tertiary/aromatic N) is 5. The molecule has 0 aliphatic carbocycles. The van der Waals surface area contributed by atoms with E-state index in [9.17, 15) is 4.79 Å². The summed E-state index contributed by atoms with van der Waals surface area (Å²) >= 11 is 1.60. The summed E-state index contributed by atoms with van der Waals surface area (Å²) in [5, 5.41) is 10.7. The zero-order valence-corrected chi connectivity index (χ0v) is 19.3. The Hall–Kier alpha value is -2.97. The highest BCUT2D eigenvalue weighted by Gasteiger charge is 2.17. The van der Waals surface area contributed by atoms with Crippen molar-refractivity contribution in [2.24, 2.45) is 0 Å². The van der Waals surface area contributed by atoms with Crippen LogP contribution in [-0.2, 0) is 16.1 Å². The van der Waals surface area contributed by atoms with E-state index < -0.39 is 0 Å². The first-order valence-corrected chi connectivity index (χ1v) is 12.4. The lowest BCUT2D eigenvalue weighted by molar-refractivity contribution is -0.135. The third kappa shape index (κ3) is 5.02. The quantitative estimate of drug-likeness (QED) is 0.290. The average Bonchev–Trinajstić information content (AvgIpc) is 3.18. The minimum Gasteiger partial charge on any atom is -0.378 e. The summed E-state index contributed by atoms with van der Waals surface area (Å²) < 4.78 is 7.54. The molecule has 7 nitrogen and oxygen atoms in total. The van der Waals surface area contributed by atoms with Crippen molar-refractivity contribution < 1.29 is 9.53 Å². The van der Waals surface area contributed by atoms with Crippen molar-refractivity contribution in [1.82, 2.24) is 24.6 Å². The smallest absolute Gasteiger partial charge is 0.222 e. The van der Waals surface area contributed by atoms with Gasteiger partial charge in [-0.05, 0) is 24.5 Å². The predicted octanol–water partition coefficient (Wildman–Crippen LogP) is 4.15. The number of carbonyl (C=O) groups excluding carboxylic acids is 1. The van der Waals surface area contributed by atoms with E-state index in [1.165, 1.54) is 5.56 Å². The lowest BCUT2D eigenvalue weighted by Crippen LogP contribution is -2.40. The Balaban J connectivity index is 1.26. The number of amides is 1. The van der Waals surface area contributed by atoms with Crippen LogP contribution in [0.15, 0.2) is 59.8 Å². The maximum Gasteiger partial charge on any atom is 0.222 e. The largest absolute Gasteiger partial charge is 0.378 e. The first-order chi connectivity index (χ1) is 16.3. The molecule has 1 amide bonds. The third-order valence-electron chi connectivity index (χ3n) is 5.92. The van der Waals surface area contributed by atoms with Crippen LogP contribution in [0.5, 0.6) is 0 Å². The molecule has 0 saturated carbocycles. The van der Waals surface area contributed by atoms with E-state index in [0.717, 1.165) is 47.2 Å². The Morgan fingerprint density at radius 3 is 2.61 bits per heavy atom. The molecule has 8 heteroatoms. The molecule has 1 aliphatic heterocycles. The van der Waals surface area contributed by atoms with Crippen molar-refractivity contribution in [3.8, 4) is 0 Å². The summed E-state index contributed by atoms with van der Waals surface area (Å²) in [6.45, 7) is 3.45. The Labute approximate surface area is 197 Å². The minimum absolute atomic E-state index is 0.230. The average molecular weight is 462 g/mol. The van der Waals surface area contributed by atoms with Crippen molar-refractivity contribution in [1.29, 1.82) is 0 Å². The van der Waals surface area contributed by atoms with E-state index >= 15 is 0 Å². The van der Waals surface area contributed by atoms with Crippen LogP contribution in [-0.4, -0.2) is 62.6 Å². The SMILES string of the molecule is O=C(CCCCSc1nnc2c3ccccc3n(Cc3ccccc3)c2n1)N1CCOCC1. The van der Waals surface area contributed by atoms with Gasteiger partial charge in [-0.15, -0.1) is 10.2 Å². The number of fused-ring (bicyclic) bond motifs is 3. The first-order valence-electron chi connectivity index (χ1n) is 11.4. The highest BCUT2D eigenvalue weighted by molar-refractivity contribution is 7.99. The summed E-state index contributed by atoms with van der Waals surface area (Å²) in [6, 6.07) is 18.7. The van der Waals surface area contributed by atoms with E-state index in [2.05, 4.69) is 51.2 Å². The summed E-state index contributed by atoms with van der Waals surface area (Å²) in [7, 11) is 0. The molecule has 170 valence electrons. The fourth-order valence-electron chi connectivity index (χ4n) is 4.19. The van der Waals surface area contributed by atoms with Crippen LogP contribution < -0.4 is 0 Å². The monoisotopic (exact) mass is 461 g/mol. The second kappa shape index (κ2) is 10.3. The maximum absolute atomic E-state index is 12.3. The van der Waals surface area contributed by atoms with Crippen LogP contribution in [0.4, 0.5) is 0 Å². The molecule has 33 heavy (non-hydrogen) atoms. The Morgan fingerprint density at radius 2 is 1.76 bits per heavy atom. The van der Waals surface area contributed by atoms with Gasteiger partial charge in [0.25, 0.3) is 0 Å². The van der Waals surface area contributed by atoms with E-state index in [1.807, 2.05) is 23.1 Å². The van der Waals surface area contributed by atoms with Gasteiger partial charge in [-0.3, -0.25) is 4.79 Å². The fraction of sp³-hybridized carbons (Fsp3) is 0.360. The molecule has 2 aromatic heterocycles. The zero-order chi connectivity index (χ0) is 22.5. The number of morpholine rings is 1. The van der Waals surface area contributed by atoms with Gasteiger partial charge in [0.1, 0.15) is 5.52 Å². The number of benzene rings is 2. The van der Waals surface area contributed by atoms with Crippen molar-refractivity contribution in [3.63, 3.8) is 0 Å². The van der Waals surface area contributed by atoms with Gasteiger partial charge in [0.15, 0.2) is 5.65 Å². The number of thioether (sulfide) groups is 1. The van der Waals surface area contributed by atoms with Crippen molar-refractivity contribution in [3.05, 3.63) is 60.2 Å². The molecule has 0 atom stereocenters.